The minimum absolute atomic E-state index is 0.407. The van der Waals surface area contributed by atoms with E-state index in [1.54, 1.807) is 0 Å². The predicted molar refractivity (Wildman–Crippen MR) is 82.6 cm³/mol. The summed E-state index contributed by atoms with van der Waals surface area (Å²) in [6, 6.07) is 0.407. The van der Waals surface area contributed by atoms with Gasteiger partial charge in [-0.3, -0.25) is 4.68 Å². The van der Waals surface area contributed by atoms with Crippen LogP contribution in [0.2, 0.25) is 0 Å². The van der Waals surface area contributed by atoms with Crippen LogP contribution in [-0.4, -0.2) is 16.3 Å². The number of rotatable bonds is 9. The van der Waals surface area contributed by atoms with Gasteiger partial charge in [0.25, 0.3) is 0 Å². The maximum atomic E-state index is 4.71. The molecule has 1 rings (SSSR count). The van der Waals surface area contributed by atoms with Gasteiger partial charge >= 0.3 is 0 Å². The Kier molecular flexibility index (Phi) is 7.14. The Labute approximate surface area is 118 Å². The Morgan fingerprint density at radius 1 is 1.11 bits per heavy atom. The summed E-state index contributed by atoms with van der Waals surface area (Å²) in [4.78, 5) is 0. The Balaban J connectivity index is 2.65. The third-order valence-electron chi connectivity index (χ3n) is 3.79. The van der Waals surface area contributed by atoms with Crippen molar-refractivity contribution in [2.75, 3.05) is 6.54 Å². The summed E-state index contributed by atoms with van der Waals surface area (Å²) < 4.78 is 2.20. The molecule has 3 nitrogen and oxygen atoms in total. The highest BCUT2D eigenvalue weighted by molar-refractivity contribution is 5.27. The van der Waals surface area contributed by atoms with Gasteiger partial charge in [0, 0.05) is 23.8 Å². The molecule has 110 valence electrons. The Morgan fingerprint density at radius 2 is 1.84 bits per heavy atom. The summed E-state index contributed by atoms with van der Waals surface area (Å²) >= 11 is 0. The third kappa shape index (κ3) is 4.64. The summed E-state index contributed by atoms with van der Waals surface area (Å²) in [6.07, 6.45) is 6.36. The summed E-state index contributed by atoms with van der Waals surface area (Å²) in [5.74, 6) is 0. The predicted octanol–water partition coefficient (Wildman–Crippen LogP) is 4.14. The van der Waals surface area contributed by atoms with Gasteiger partial charge in [0.1, 0.15) is 0 Å². The van der Waals surface area contributed by atoms with Gasteiger partial charge in [-0.15, -0.1) is 0 Å². The van der Waals surface area contributed by atoms with Crippen LogP contribution in [0.1, 0.15) is 75.9 Å². The summed E-state index contributed by atoms with van der Waals surface area (Å²) in [7, 11) is 0. The van der Waals surface area contributed by atoms with Crippen LogP contribution in [0.5, 0.6) is 0 Å². The van der Waals surface area contributed by atoms with Crippen molar-refractivity contribution in [2.45, 2.75) is 79.3 Å². The van der Waals surface area contributed by atoms with Crippen LogP contribution < -0.4 is 5.32 Å². The molecule has 0 spiro atoms. The first-order valence-electron chi connectivity index (χ1n) is 7.89. The van der Waals surface area contributed by atoms with Crippen LogP contribution in [-0.2, 0) is 6.54 Å². The lowest BCUT2D eigenvalue weighted by Gasteiger charge is -2.14. The quantitative estimate of drug-likeness (QED) is 0.680. The molecule has 0 fully saturated rings. The van der Waals surface area contributed by atoms with E-state index < -0.39 is 0 Å². The highest BCUT2D eigenvalue weighted by Gasteiger charge is 2.16. The fourth-order valence-corrected chi connectivity index (χ4v) is 2.71. The summed E-state index contributed by atoms with van der Waals surface area (Å²) in [5.41, 5.74) is 3.91. The van der Waals surface area contributed by atoms with Crippen molar-refractivity contribution in [1.29, 1.82) is 0 Å². The average molecular weight is 265 g/mol. The van der Waals surface area contributed by atoms with Gasteiger partial charge in [-0.05, 0) is 40.2 Å². The second kappa shape index (κ2) is 8.36. The van der Waals surface area contributed by atoms with E-state index in [0.29, 0.717) is 6.04 Å². The SMILES string of the molecule is CCCCCCn1nc(C)c(C(C)NCCC)c1C. The van der Waals surface area contributed by atoms with Crippen LogP contribution >= 0.6 is 0 Å². The minimum atomic E-state index is 0.407. The number of unbranched alkanes of at least 4 members (excludes halogenated alkanes) is 3. The van der Waals surface area contributed by atoms with Crippen LogP contribution in [0.3, 0.4) is 0 Å². The van der Waals surface area contributed by atoms with Gasteiger partial charge in [0.05, 0.1) is 5.69 Å². The molecule has 0 bridgehead atoms. The molecule has 0 radical (unpaired) electrons. The van der Waals surface area contributed by atoms with Crippen molar-refractivity contribution in [2.24, 2.45) is 0 Å². The molecule has 1 aromatic rings. The first-order valence-corrected chi connectivity index (χ1v) is 7.89. The molecule has 1 aromatic heterocycles. The van der Waals surface area contributed by atoms with Crippen LogP contribution in [0.4, 0.5) is 0 Å². The lowest BCUT2D eigenvalue weighted by Crippen LogP contribution is -2.20. The van der Waals surface area contributed by atoms with Gasteiger partial charge in [-0.25, -0.2) is 0 Å². The van der Waals surface area contributed by atoms with Crippen molar-refractivity contribution in [3.8, 4) is 0 Å². The molecule has 0 saturated heterocycles. The molecule has 0 amide bonds. The molecule has 1 unspecified atom stereocenters. The molecule has 1 heterocycles. The maximum Gasteiger partial charge on any atom is 0.0644 e. The second-order valence-corrected chi connectivity index (χ2v) is 5.54. The smallest absolute Gasteiger partial charge is 0.0644 e. The Hall–Kier alpha value is -0.830. The highest BCUT2D eigenvalue weighted by atomic mass is 15.3. The zero-order chi connectivity index (χ0) is 14.3. The third-order valence-corrected chi connectivity index (χ3v) is 3.79. The highest BCUT2D eigenvalue weighted by Crippen LogP contribution is 2.21. The lowest BCUT2D eigenvalue weighted by atomic mass is 10.1. The van der Waals surface area contributed by atoms with Gasteiger partial charge in [-0.1, -0.05) is 33.1 Å². The number of aryl methyl sites for hydroxylation is 2. The molecular weight excluding hydrogens is 234 g/mol. The number of aromatic nitrogens is 2. The zero-order valence-electron chi connectivity index (χ0n) is 13.4. The van der Waals surface area contributed by atoms with Crippen LogP contribution in [0.15, 0.2) is 0 Å². The standard InChI is InChI=1S/C16H31N3/c1-6-8-9-10-12-19-15(5)16(14(4)18-19)13(3)17-11-7-2/h13,17H,6-12H2,1-5H3. The van der Waals surface area contributed by atoms with Crippen molar-refractivity contribution < 1.29 is 0 Å². The fraction of sp³-hybridized carbons (Fsp3) is 0.812. The number of hydrogen-bond acceptors (Lipinski definition) is 2. The average Bonchev–Trinajstić information content (AvgIpc) is 2.67. The van der Waals surface area contributed by atoms with Gasteiger partial charge in [-0.2, -0.15) is 5.10 Å². The van der Waals surface area contributed by atoms with Gasteiger partial charge in [0.2, 0.25) is 0 Å². The Morgan fingerprint density at radius 3 is 2.47 bits per heavy atom. The Bertz CT molecular complexity index is 368. The topological polar surface area (TPSA) is 29.9 Å². The van der Waals surface area contributed by atoms with Crippen molar-refractivity contribution >= 4 is 0 Å². The van der Waals surface area contributed by atoms with E-state index in [9.17, 15) is 0 Å². The molecular formula is C16H31N3. The normalized spacial score (nSPS) is 12.9. The van der Waals surface area contributed by atoms with Crippen LogP contribution in [0, 0.1) is 13.8 Å². The molecule has 0 aliphatic heterocycles. The molecule has 0 aliphatic rings. The van der Waals surface area contributed by atoms with Gasteiger partial charge in [0.15, 0.2) is 0 Å². The van der Waals surface area contributed by atoms with E-state index >= 15 is 0 Å². The van der Waals surface area contributed by atoms with E-state index in [2.05, 4.69) is 44.6 Å². The first kappa shape index (κ1) is 16.2. The molecule has 1 N–H and O–H groups in total. The largest absolute Gasteiger partial charge is 0.310 e. The van der Waals surface area contributed by atoms with E-state index in [1.807, 2.05) is 0 Å². The van der Waals surface area contributed by atoms with Crippen molar-refractivity contribution in [3.63, 3.8) is 0 Å². The van der Waals surface area contributed by atoms with Gasteiger partial charge < -0.3 is 5.32 Å². The number of hydrogen-bond donors (Lipinski definition) is 1. The second-order valence-electron chi connectivity index (χ2n) is 5.54. The lowest BCUT2D eigenvalue weighted by molar-refractivity contribution is 0.525. The van der Waals surface area contributed by atoms with E-state index in [-0.39, 0.29) is 0 Å². The number of nitrogens with one attached hydrogen (secondary N) is 1. The molecule has 19 heavy (non-hydrogen) atoms. The van der Waals surface area contributed by atoms with Crippen molar-refractivity contribution in [1.82, 2.24) is 15.1 Å². The molecule has 0 aliphatic carbocycles. The van der Waals surface area contributed by atoms with E-state index in [0.717, 1.165) is 13.1 Å². The monoisotopic (exact) mass is 265 g/mol. The molecule has 3 heteroatoms. The summed E-state index contributed by atoms with van der Waals surface area (Å²) in [6.45, 7) is 13.2. The van der Waals surface area contributed by atoms with Crippen LogP contribution in [0.25, 0.3) is 0 Å². The maximum absolute atomic E-state index is 4.71. The summed E-state index contributed by atoms with van der Waals surface area (Å²) in [5, 5.41) is 8.28. The van der Waals surface area contributed by atoms with E-state index in [1.165, 1.54) is 49.1 Å². The number of nitrogens with zero attached hydrogens (tertiary/aromatic N) is 2. The molecule has 1 atom stereocenters. The zero-order valence-corrected chi connectivity index (χ0v) is 13.4. The molecule has 0 saturated carbocycles. The molecule has 0 aromatic carbocycles. The fourth-order valence-electron chi connectivity index (χ4n) is 2.71. The minimum Gasteiger partial charge on any atom is -0.310 e. The van der Waals surface area contributed by atoms with Crippen molar-refractivity contribution in [3.05, 3.63) is 17.0 Å². The van der Waals surface area contributed by atoms with E-state index in [4.69, 9.17) is 5.10 Å². The first-order chi connectivity index (χ1) is 9.11.